The normalized spacial score (nSPS) is 11.0. The molecule has 0 bridgehead atoms. The maximum Gasteiger partial charge on any atom is 0.328 e. The van der Waals surface area contributed by atoms with Crippen LogP contribution in [0.25, 0.3) is 0 Å². The molecule has 4 N–H and O–H groups in total. The van der Waals surface area contributed by atoms with Gasteiger partial charge in [-0.05, 0) is 0 Å². The number of rotatable bonds is 35. The van der Waals surface area contributed by atoms with Gasteiger partial charge >= 0.3 is 218 Å². The van der Waals surface area contributed by atoms with E-state index in [0.717, 1.165) is 0 Å². The Kier molecular flexibility index (Phi) is 48.5. The fourth-order valence-corrected chi connectivity index (χ4v) is 16.0. The molecule has 0 aromatic carbocycles. The van der Waals surface area contributed by atoms with E-state index >= 15 is 0 Å². The molecule has 0 saturated heterocycles. The fraction of sp³-hybridized carbons (Fsp3) is 0.810. The second-order valence-corrected chi connectivity index (χ2v) is 24.0. The van der Waals surface area contributed by atoms with E-state index < -0.39 is 43.6 Å². The Labute approximate surface area is 320 Å². The summed E-state index contributed by atoms with van der Waals surface area (Å²) in [5.74, 6) is -5.03. The molecule has 8 nitrogen and oxygen atoms in total. The first kappa shape index (κ1) is 53.5. The van der Waals surface area contributed by atoms with Crippen molar-refractivity contribution >= 4 is 43.6 Å². The van der Waals surface area contributed by atoms with Gasteiger partial charge in [0.05, 0.1) is 0 Å². The zero-order valence-corrected chi connectivity index (χ0v) is 36.5. The number of carbonyl (C=O) groups is 4. The van der Waals surface area contributed by atoms with Crippen molar-refractivity contribution in [2.75, 3.05) is 0 Å². The topological polar surface area (TPSA) is 149 Å². The van der Waals surface area contributed by atoms with Gasteiger partial charge in [0, 0.05) is 24.3 Å². The van der Waals surface area contributed by atoms with Gasteiger partial charge in [-0.3, -0.25) is 0 Å². The van der Waals surface area contributed by atoms with Crippen molar-refractivity contribution in [2.24, 2.45) is 0 Å². The molecule has 0 spiro atoms. The Hall–Kier alpha value is -1.84. The van der Waals surface area contributed by atoms with Crippen molar-refractivity contribution in [3.8, 4) is 0 Å². The third-order valence-electron chi connectivity index (χ3n) is 9.13. The van der Waals surface area contributed by atoms with Crippen molar-refractivity contribution in [1.82, 2.24) is 0 Å². The summed E-state index contributed by atoms with van der Waals surface area (Å²) >= 11 is -1.20. The van der Waals surface area contributed by atoms with Gasteiger partial charge in [-0.2, -0.15) is 0 Å². The molecule has 0 amide bonds. The van der Waals surface area contributed by atoms with Gasteiger partial charge in [0.25, 0.3) is 0 Å². The molecule has 0 aromatic rings. The van der Waals surface area contributed by atoms with Crippen molar-refractivity contribution in [2.45, 2.75) is 214 Å². The van der Waals surface area contributed by atoms with Crippen LogP contribution in [0.1, 0.15) is 201 Å². The average molecular weight is 832 g/mol. The van der Waals surface area contributed by atoms with Gasteiger partial charge in [0.1, 0.15) is 0 Å². The minimum absolute atomic E-state index is 0.558. The standard InChI is InChI=1S/C18H37.2C8H17.2C4H4O4.Sn.H/c1-3-5-7-9-11-13-15-17-18-16-14-12-10-8-6-4-2;2*1-3-5-7-8-6-4-2;2*5-3(6)1-2-4(7)8;;/h1,3-18H2,2H3;2*1,3-8H2,2H3;2*1-2H,(H,5,6)(H,7,8);;/b;;;2*2-1-;;. The number of carboxylic acids is 4. The predicted molar refractivity (Wildman–Crippen MR) is 217 cm³/mol. The molecule has 0 aliphatic heterocycles. The van der Waals surface area contributed by atoms with Gasteiger partial charge in [0.15, 0.2) is 0 Å². The van der Waals surface area contributed by atoms with E-state index in [9.17, 15) is 19.2 Å². The smallest absolute Gasteiger partial charge is 0.328 e. The SMILES string of the molecule is CCCCCCCCCCCCCCCCC[CH2][SnH]([CH2]CCCCCCC)[CH2]CCCCCCC.O=C(O)/C=C\C(=O)O.O=C(O)/C=C\C(=O)O. The van der Waals surface area contributed by atoms with E-state index in [2.05, 4.69) is 20.8 Å². The minimum Gasteiger partial charge on any atom is -0.478 e. The monoisotopic (exact) mass is 832 g/mol. The summed E-state index contributed by atoms with van der Waals surface area (Å²) in [5, 5.41) is 31.2. The molecule has 0 unspecified atom stereocenters. The van der Waals surface area contributed by atoms with Gasteiger partial charge < -0.3 is 20.4 Å². The van der Waals surface area contributed by atoms with E-state index in [4.69, 9.17) is 20.4 Å². The molecule has 0 radical (unpaired) electrons. The molecular formula is C42H80O8Sn. The molecular weight excluding hydrogens is 751 g/mol. The van der Waals surface area contributed by atoms with Crippen LogP contribution in [0.3, 0.4) is 0 Å². The van der Waals surface area contributed by atoms with Crippen LogP contribution < -0.4 is 0 Å². The number of aliphatic carboxylic acids is 4. The summed E-state index contributed by atoms with van der Waals surface area (Å²) in [4.78, 5) is 38.2. The maximum absolute atomic E-state index is 9.55. The summed E-state index contributed by atoms with van der Waals surface area (Å²) in [6, 6.07) is 0. The van der Waals surface area contributed by atoms with Crippen LogP contribution in [0.5, 0.6) is 0 Å². The van der Waals surface area contributed by atoms with Crippen molar-refractivity contribution in [3.05, 3.63) is 24.3 Å². The largest absolute Gasteiger partial charge is 0.478 e. The molecule has 0 heterocycles. The summed E-state index contributed by atoms with van der Waals surface area (Å²) in [5.41, 5.74) is 0. The van der Waals surface area contributed by atoms with Crippen LogP contribution in [-0.4, -0.2) is 64.1 Å². The van der Waals surface area contributed by atoms with E-state index in [1.165, 1.54) is 141 Å². The molecule has 51 heavy (non-hydrogen) atoms. The Balaban J connectivity index is -0.00000118. The zero-order chi connectivity index (χ0) is 38.6. The second-order valence-electron chi connectivity index (χ2n) is 14.1. The average Bonchev–Trinajstić information content (AvgIpc) is 3.09. The van der Waals surface area contributed by atoms with E-state index in [1.807, 2.05) is 0 Å². The summed E-state index contributed by atoms with van der Waals surface area (Å²) in [6.07, 6.45) is 44.2. The molecule has 9 heteroatoms. The third kappa shape index (κ3) is 57.7. The van der Waals surface area contributed by atoms with Crippen molar-refractivity contribution in [3.63, 3.8) is 0 Å². The Morgan fingerprint density at radius 1 is 0.314 bits per heavy atom. The Morgan fingerprint density at radius 2 is 0.471 bits per heavy atom. The molecule has 0 aliphatic carbocycles. The van der Waals surface area contributed by atoms with Gasteiger partial charge in [-0.25, -0.2) is 19.2 Å². The molecule has 0 aliphatic rings. The number of hydrogen-bond donors (Lipinski definition) is 4. The number of carboxylic acid groups (broad SMARTS) is 4. The van der Waals surface area contributed by atoms with Crippen LogP contribution >= 0.6 is 0 Å². The summed E-state index contributed by atoms with van der Waals surface area (Å²) in [7, 11) is 0. The van der Waals surface area contributed by atoms with Gasteiger partial charge in [-0.1, -0.05) is 39.0 Å². The van der Waals surface area contributed by atoms with E-state index in [0.29, 0.717) is 24.3 Å². The molecule has 0 rings (SSSR count). The van der Waals surface area contributed by atoms with Crippen LogP contribution in [0.2, 0.25) is 13.3 Å². The van der Waals surface area contributed by atoms with Crippen LogP contribution in [0, 0.1) is 0 Å². The molecule has 0 aromatic heterocycles. The third-order valence-corrected chi connectivity index (χ3v) is 19.6. The van der Waals surface area contributed by atoms with Crippen molar-refractivity contribution in [1.29, 1.82) is 0 Å². The first-order valence-corrected chi connectivity index (χ1v) is 27.9. The fourth-order valence-electron chi connectivity index (χ4n) is 6.13. The molecule has 0 saturated carbocycles. The first-order chi connectivity index (χ1) is 24.6. The van der Waals surface area contributed by atoms with E-state index in [1.54, 1.807) is 51.8 Å². The summed E-state index contributed by atoms with van der Waals surface area (Å²) < 4.78 is 5.22. The summed E-state index contributed by atoms with van der Waals surface area (Å²) in [6.45, 7) is 6.99. The van der Waals surface area contributed by atoms with Crippen LogP contribution in [0.4, 0.5) is 0 Å². The van der Waals surface area contributed by atoms with Crippen LogP contribution in [-0.2, 0) is 19.2 Å². The molecule has 0 atom stereocenters. The predicted octanol–water partition coefficient (Wildman–Crippen LogP) is 12.6. The minimum atomic E-state index is -1.26. The molecule has 0 fully saturated rings. The number of unbranched alkanes of at least 4 members (excludes halogenated alkanes) is 25. The quantitative estimate of drug-likeness (QED) is 0.0280. The Bertz CT molecular complexity index is 761. The van der Waals surface area contributed by atoms with Crippen LogP contribution in [0.15, 0.2) is 24.3 Å². The van der Waals surface area contributed by atoms with Gasteiger partial charge in [0.2, 0.25) is 0 Å². The second kappa shape index (κ2) is 46.2. The van der Waals surface area contributed by atoms with Gasteiger partial charge in [-0.15, -0.1) is 0 Å². The van der Waals surface area contributed by atoms with Crippen molar-refractivity contribution < 1.29 is 39.6 Å². The van der Waals surface area contributed by atoms with E-state index in [-0.39, 0.29) is 0 Å². The first-order valence-electron chi connectivity index (χ1n) is 20.9. The zero-order valence-electron chi connectivity index (χ0n) is 33.2. The maximum atomic E-state index is 9.55. The number of hydrogen-bond acceptors (Lipinski definition) is 4. The Morgan fingerprint density at radius 3 is 0.627 bits per heavy atom. The molecule has 300 valence electrons.